The number of ether oxygens (including phenoxy) is 1. The molecule has 0 saturated carbocycles. The molecule has 7 nitrogen and oxygen atoms in total. The molecule has 0 unspecified atom stereocenters. The minimum atomic E-state index is -4.48. The third kappa shape index (κ3) is 4.48. The molecule has 0 spiro atoms. The van der Waals surface area contributed by atoms with Gasteiger partial charge in [0.25, 0.3) is 0 Å². The Hall–Kier alpha value is -2.88. The van der Waals surface area contributed by atoms with E-state index in [9.17, 15) is 22.8 Å². The van der Waals surface area contributed by atoms with E-state index in [0.29, 0.717) is 12.4 Å². The van der Waals surface area contributed by atoms with Gasteiger partial charge in [-0.25, -0.2) is 0 Å². The predicted octanol–water partition coefficient (Wildman–Crippen LogP) is 3.75. The lowest BCUT2D eigenvalue weighted by molar-refractivity contribution is -0.137. The van der Waals surface area contributed by atoms with Crippen molar-refractivity contribution >= 4 is 23.3 Å². The quantitative estimate of drug-likeness (QED) is 0.762. The Morgan fingerprint density at radius 2 is 1.97 bits per heavy atom. The summed E-state index contributed by atoms with van der Waals surface area (Å²) in [4.78, 5) is 26.3. The average molecular weight is 425 g/mol. The fourth-order valence-corrected chi connectivity index (χ4v) is 3.36. The normalized spacial score (nSPS) is 17.5. The van der Waals surface area contributed by atoms with Gasteiger partial charge in [-0.1, -0.05) is 19.0 Å². The molecule has 1 N–H and O–H groups in total. The Kier molecular flexibility index (Phi) is 5.89. The molecule has 1 aliphatic rings. The number of aromatic nitrogens is 1. The van der Waals surface area contributed by atoms with Crippen LogP contribution in [0.4, 0.5) is 24.7 Å². The number of methoxy groups -OCH3 is 1. The maximum absolute atomic E-state index is 12.8. The van der Waals surface area contributed by atoms with Crippen LogP contribution in [0.1, 0.15) is 38.0 Å². The van der Waals surface area contributed by atoms with Gasteiger partial charge in [0.05, 0.1) is 12.2 Å². The van der Waals surface area contributed by atoms with Gasteiger partial charge >= 0.3 is 6.18 Å². The van der Waals surface area contributed by atoms with E-state index in [-0.39, 0.29) is 30.3 Å². The maximum atomic E-state index is 12.8. The second-order valence-corrected chi connectivity index (χ2v) is 7.75. The number of benzene rings is 1. The first-order chi connectivity index (χ1) is 14.0. The van der Waals surface area contributed by atoms with Crippen LogP contribution in [-0.2, 0) is 25.9 Å². The van der Waals surface area contributed by atoms with Crippen molar-refractivity contribution in [1.82, 2.24) is 5.16 Å². The molecule has 0 aliphatic carbocycles. The lowest BCUT2D eigenvalue weighted by Gasteiger charge is -2.24. The summed E-state index contributed by atoms with van der Waals surface area (Å²) in [6.45, 7) is 4.17. The summed E-state index contributed by atoms with van der Waals surface area (Å²) in [5, 5.41) is 6.46. The molecule has 1 aliphatic heterocycles. The number of carbonyl (C=O) groups excluding carboxylic acids is 2. The number of halogens is 3. The maximum Gasteiger partial charge on any atom is 0.416 e. The predicted molar refractivity (Wildman–Crippen MR) is 102 cm³/mol. The molecule has 0 bridgehead atoms. The highest BCUT2D eigenvalue weighted by molar-refractivity contribution is 6.07. The number of nitrogens with zero attached hydrogens (tertiary/aromatic N) is 2. The number of hydrogen-bond acceptors (Lipinski definition) is 5. The summed E-state index contributed by atoms with van der Waals surface area (Å²) in [6, 6.07) is 4.87. The Morgan fingerprint density at radius 3 is 2.57 bits per heavy atom. The molecule has 2 heterocycles. The SMILES string of the molecule is COCC(C)(C)c1cc(NC(=O)[C@@H]2CCC(=O)N2c2ccc(C(F)(F)F)cc2)no1. The van der Waals surface area contributed by atoms with Crippen molar-refractivity contribution in [3.63, 3.8) is 0 Å². The largest absolute Gasteiger partial charge is 0.416 e. The van der Waals surface area contributed by atoms with Gasteiger partial charge in [0.2, 0.25) is 11.8 Å². The summed E-state index contributed by atoms with van der Waals surface area (Å²) in [6.07, 6.45) is -4.12. The molecule has 1 saturated heterocycles. The van der Waals surface area contributed by atoms with Crippen LogP contribution in [0.3, 0.4) is 0 Å². The van der Waals surface area contributed by atoms with Gasteiger partial charge in [-0.05, 0) is 30.7 Å². The number of alkyl halides is 3. The Bertz CT molecular complexity index is 922. The third-order valence-electron chi connectivity index (χ3n) is 4.92. The number of rotatable bonds is 6. The molecule has 1 fully saturated rings. The van der Waals surface area contributed by atoms with Crippen molar-refractivity contribution in [1.29, 1.82) is 0 Å². The van der Waals surface area contributed by atoms with E-state index in [2.05, 4.69) is 10.5 Å². The van der Waals surface area contributed by atoms with E-state index < -0.39 is 29.1 Å². The van der Waals surface area contributed by atoms with Crippen LogP contribution < -0.4 is 10.2 Å². The molecule has 162 valence electrons. The summed E-state index contributed by atoms with van der Waals surface area (Å²) in [7, 11) is 1.56. The molecule has 0 radical (unpaired) electrons. The van der Waals surface area contributed by atoms with Gasteiger partial charge in [0.15, 0.2) is 5.82 Å². The third-order valence-corrected chi connectivity index (χ3v) is 4.92. The number of nitrogens with one attached hydrogen (secondary N) is 1. The van der Waals surface area contributed by atoms with Crippen LogP contribution in [0.15, 0.2) is 34.9 Å². The van der Waals surface area contributed by atoms with Crippen LogP contribution in [0.2, 0.25) is 0 Å². The first kappa shape index (κ1) is 21.8. The lowest BCUT2D eigenvalue weighted by Crippen LogP contribution is -2.41. The van der Waals surface area contributed by atoms with Gasteiger partial charge in [0.1, 0.15) is 11.8 Å². The number of hydrogen-bond donors (Lipinski definition) is 1. The zero-order chi connectivity index (χ0) is 22.1. The molecule has 2 aromatic rings. The van der Waals surface area contributed by atoms with Crippen molar-refractivity contribution in [2.24, 2.45) is 0 Å². The van der Waals surface area contributed by atoms with Crippen molar-refractivity contribution in [2.45, 2.75) is 44.3 Å². The number of amides is 2. The topological polar surface area (TPSA) is 84.7 Å². The molecule has 1 atom stereocenters. The Morgan fingerprint density at radius 1 is 1.30 bits per heavy atom. The molecule has 3 rings (SSSR count). The highest BCUT2D eigenvalue weighted by atomic mass is 19.4. The van der Waals surface area contributed by atoms with Crippen molar-refractivity contribution < 1.29 is 32.0 Å². The van der Waals surface area contributed by atoms with Crippen molar-refractivity contribution in [3.8, 4) is 0 Å². The fourth-order valence-electron chi connectivity index (χ4n) is 3.36. The van der Waals surface area contributed by atoms with Gasteiger partial charge in [-0.2, -0.15) is 13.2 Å². The molecule has 1 aromatic carbocycles. The monoisotopic (exact) mass is 425 g/mol. The molecular weight excluding hydrogens is 403 g/mol. The van der Waals surface area contributed by atoms with E-state index in [1.54, 1.807) is 13.2 Å². The second-order valence-electron chi connectivity index (χ2n) is 7.75. The molecule has 2 amide bonds. The van der Waals surface area contributed by atoms with Gasteiger partial charge in [-0.3, -0.25) is 14.5 Å². The van der Waals surface area contributed by atoms with E-state index in [4.69, 9.17) is 9.26 Å². The molecular formula is C20H22F3N3O4. The highest BCUT2D eigenvalue weighted by Gasteiger charge is 2.38. The zero-order valence-corrected chi connectivity index (χ0v) is 16.7. The van der Waals surface area contributed by atoms with Crippen LogP contribution in [0.25, 0.3) is 0 Å². The highest BCUT2D eigenvalue weighted by Crippen LogP contribution is 2.33. The van der Waals surface area contributed by atoms with E-state index in [1.807, 2.05) is 13.8 Å². The number of anilines is 2. The zero-order valence-electron chi connectivity index (χ0n) is 16.7. The standard InChI is InChI=1S/C20H22F3N3O4/c1-19(2,11-29-3)15-10-16(25-30-15)24-18(28)14-8-9-17(27)26(14)13-6-4-12(5-7-13)20(21,22)23/h4-7,10,14H,8-9,11H2,1-3H3,(H,24,25,28)/t14-/m0/s1. The summed E-state index contributed by atoms with van der Waals surface area (Å²) in [5.74, 6) is -0.130. The van der Waals surface area contributed by atoms with Gasteiger partial charge in [0, 0.05) is 30.7 Å². The summed E-state index contributed by atoms with van der Waals surface area (Å²) in [5.41, 5.74) is -1.05. The van der Waals surface area contributed by atoms with Gasteiger partial charge < -0.3 is 14.6 Å². The van der Waals surface area contributed by atoms with Crippen molar-refractivity contribution in [3.05, 3.63) is 41.7 Å². The number of carbonyl (C=O) groups is 2. The van der Waals surface area contributed by atoms with Crippen LogP contribution in [-0.4, -0.2) is 36.7 Å². The van der Waals surface area contributed by atoms with Crippen LogP contribution in [0.5, 0.6) is 0 Å². The smallest absolute Gasteiger partial charge is 0.384 e. The summed E-state index contributed by atoms with van der Waals surface area (Å²) >= 11 is 0. The second kappa shape index (κ2) is 8.10. The minimum absolute atomic E-state index is 0.115. The minimum Gasteiger partial charge on any atom is -0.384 e. The van der Waals surface area contributed by atoms with E-state index in [1.165, 1.54) is 17.0 Å². The first-order valence-corrected chi connectivity index (χ1v) is 9.29. The van der Waals surface area contributed by atoms with Crippen LogP contribution in [0, 0.1) is 0 Å². The first-order valence-electron chi connectivity index (χ1n) is 9.29. The van der Waals surface area contributed by atoms with Gasteiger partial charge in [-0.15, -0.1) is 0 Å². The summed E-state index contributed by atoms with van der Waals surface area (Å²) < 4.78 is 48.8. The molecule has 30 heavy (non-hydrogen) atoms. The molecule has 10 heteroatoms. The van der Waals surface area contributed by atoms with Crippen molar-refractivity contribution in [2.75, 3.05) is 23.9 Å². The Balaban J connectivity index is 1.75. The molecule has 1 aromatic heterocycles. The average Bonchev–Trinajstić information content (AvgIpc) is 3.28. The lowest BCUT2D eigenvalue weighted by atomic mass is 9.91. The fraction of sp³-hybridized carbons (Fsp3) is 0.450. The van der Waals surface area contributed by atoms with E-state index >= 15 is 0 Å². The Labute approximate surface area is 171 Å². The van der Waals surface area contributed by atoms with Crippen LogP contribution >= 0.6 is 0 Å². The van der Waals surface area contributed by atoms with E-state index in [0.717, 1.165) is 12.1 Å².